The lowest BCUT2D eigenvalue weighted by Gasteiger charge is -2.23. The summed E-state index contributed by atoms with van der Waals surface area (Å²) in [6, 6.07) is 0. The Labute approximate surface area is 132 Å². The van der Waals surface area contributed by atoms with Gasteiger partial charge in [0.1, 0.15) is 0 Å². The molecule has 0 amide bonds. The summed E-state index contributed by atoms with van der Waals surface area (Å²) in [6.45, 7) is 6.51. The molecule has 0 fully saturated rings. The van der Waals surface area contributed by atoms with E-state index in [1.165, 1.54) is 70.8 Å². The lowest BCUT2D eigenvalue weighted by atomic mass is 10.1. The van der Waals surface area contributed by atoms with Gasteiger partial charge in [0.15, 0.2) is 0 Å². The van der Waals surface area contributed by atoms with Crippen LogP contribution in [-0.2, 0) is 4.79 Å². The molecule has 0 spiro atoms. The second-order valence-corrected chi connectivity index (χ2v) is 6.72. The van der Waals surface area contributed by atoms with Crippen LogP contribution in [0.4, 0.5) is 0 Å². The smallest absolute Gasteiger partial charge is 0.0780 e. The highest BCUT2D eigenvalue weighted by Gasteiger charge is 2.04. The van der Waals surface area contributed by atoms with Crippen LogP contribution in [0.5, 0.6) is 0 Å². The summed E-state index contributed by atoms with van der Waals surface area (Å²) in [6.07, 6.45) is 15.1. The first-order valence-corrected chi connectivity index (χ1v) is 8.47. The molecule has 0 aromatic rings. The summed E-state index contributed by atoms with van der Waals surface area (Å²) < 4.78 is 1.12. The van der Waals surface area contributed by atoms with E-state index >= 15 is 0 Å². The summed E-state index contributed by atoms with van der Waals surface area (Å²) >= 11 is 0. The molecule has 0 aliphatic rings. The summed E-state index contributed by atoms with van der Waals surface area (Å²) in [5, 5.41) is 9.14. The van der Waals surface area contributed by atoms with E-state index in [0.29, 0.717) is 0 Å². The minimum atomic E-state index is -1.23. The Balaban J connectivity index is 0. The van der Waals surface area contributed by atoms with Crippen molar-refractivity contribution in [2.75, 3.05) is 27.7 Å². The van der Waals surface area contributed by atoms with Gasteiger partial charge in [-0.05, 0) is 18.9 Å². The number of carbonyl (C=O) groups excluding carboxylic acids is 1. The van der Waals surface area contributed by atoms with E-state index in [0.717, 1.165) is 10.6 Å². The molecule has 0 heterocycles. The zero-order chi connectivity index (χ0) is 16.6. The number of rotatable bonds is 12. The van der Waals surface area contributed by atoms with Crippen LogP contribution in [0.3, 0.4) is 0 Å². The van der Waals surface area contributed by atoms with Crippen LogP contribution in [-0.4, -0.2) is 38.1 Å². The minimum absolute atomic E-state index is 0.722. The highest BCUT2D eigenvalue weighted by Crippen LogP contribution is 2.10. The van der Waals surface area contributed by atoms with Gasteiger partial charge in [0.2, 0.25) is 0 Å². The zero-order valence-corrected chi connectivity index (χ0v) is 14.8. The first kappa shape index (κ1) is 22.5. The third kappa shape index (κ3) is 28.1. The summed E-state index contributed by atoms with van der Waals surface area (Å²) in [4.78, 5) is 9.14. The number of quaternary nitrogens is 1. The van der Waals surface area contributed by atoms with E-state index in [9.17, 15) is 0 Å². The van der Waals surface area contributed by atoms with Crippen LogP contribution >= 0.6 is 0 Å². The predicted octanol–water partition coefficient (Wildman–Crippen LogP) is 3.54. The number of hydrogen-bond acceptors (Lipinski definition) is 2. The second kappa shape index (κ2) is 15.6. The molecule has 0 saturated heterocycles. The van der Waals surface area contributed by atoms with Crippen molar-refractivity contribution in [1.82, 2.24) is 0 Å². The first-order valence-electron chi connectivity index (χ1n) is 8.47. The molecule has 0 aliphatic heterocycles. The Bertz CT molecular complexity index is 244. The Morgan fingerprint density at radius 2 is 1.24 bits per heavy atom. The fourth-order valence-electron chi connectivity index (χ4n) is 2.07. The number of aliphatic carboxylic acids is 1. The largest absolute Gasteiger partial charge is 0.545 e. The fourth-order valence-corrected chi connectivity index (χ4v) is 2.07. The Morgan fingerprint density at radius 3 is 1.52 bits per heavy atom. The Morgan fingerprint density at radius 1 is 0.905 bits per heavy atom. The molecule has 126 valence electrons. The number of carboxylic acids is 1. The quantitative estimate of drug-likeness (QED) is 0.314. The summed E-state index contributed by atoms with van der Waals surface area (Å²) in [7, 11) is 6.86. The molecule has 0 rings (SSSR count). The van der Waals surface area contributed by atoms with Gasteiger partial charge in [0.25, 0.3) is 0 Å². The SMILES string of the molecule is C=CC(=O)[O-].CCCCCCCCCCCC[N+](C)(C)C. The third-order valence-corrected chi connectivity index (χ3v) is 3.35. The van der Waals surface area contributed by atoms with Crippen molar-refractivity contribution in [1.29, 1.82) is 0 Å². The lowest BCUT2D eigenvalue weighted by molar-refractivity contribution is -0.870. The number of hydrogen-bond donors (Lipinski definition) is 0. The van der Waals surface area contributed by atoms with Crippen molar-refractivity contribution in [2.45, 2.75) is 71.1 Å². The molecule has 0 bridgehead atoms. The van der Waals surface area contributed by atoms with Gasteiger partial charge < -0.3 is 14.4 Å². The normalized spacial score (nSPS) is 10.7. The molecule has 3 nitrogen and oxygen atoms in total. The maximum absolute atomic E-state index is 9.14. The zero-order valence-electron chi connectivity index (χ0n) is 14.8. The van der Waals surface area contributed by atoms with E-state index in [2.05, 4.69) is 34.6 Å². The second-order valence-electron chi connectivity index (χ2n) is 6.72. The van der Waals surface area contributed by atoms with Crippen LogP contribution in [0.2, 0.25) is 0 Å². The number of nitrogens with zero attached hydrogens (tertiary/aromatic N) is 1. The molecule has 0 radical (unpaired) electrons. The molecule has 21 heavy (non-hydrogen) atoms. The Hall–Kier alpha value is -0.830. The monoisotopic (exact) mass is 299 g/mol. The van der Waals surface area contributed by atoms with Gasteiger partial charge in [-0.3, -0.25) is 0 Å². The number of carbonyl (C=O) groups is 1. The van der Waals surface area contributed by atoms with E-state index in [-0.39, 0.29) is 0 Å². The molecule has 0 saturated carbocycles. The maximum Gasteiger partial charge on any atom is 0.0780 e. The van der Waals surface area contributed by atoms with Crippen molar-refractivity contribution in [3.8, 4) is 0 Å². The number of carboxylic acid groups (broad SMARTS) is 1. The first-order chi connectivity index (χ1) is 9.83. The van der Waals surface area contributed by atoms with Gasteiger partial charge in [-0.1, -0.05) is 64.9 Å². The molecular formula is C18H37NO2. The predicted molar refractivity (Wildman–Crippen MR) is 89.9 cm³/mol. The van der Waals surface area contributed by atoms with Crippen LogP contribution in [0.15, 0.2) is 12.7 Å². The fraction of sp³-hybridized carbons (Fsp3) is 0.833. The van der Waals surface area contributed by atoms with Gasteiger partial charge in [-0.15, -0.1) is 0 Å². The van der Waals surface area contributed by atoms with E-state index in [4.69, 9.17) is 9.90 Å². The molecule has 0 N–H and O–H groups in total. The van der Waals surface area contributed by atoms with E-state index < -0.39 is 5.97 Å². The highest BCUT2D eigenvalue weighted by molar-refractivity contribution is 5.76. The molecule has 0 aliphatic carbocycles. The van der Waals surface area contributed by atoms with E-state index in [1.807, 2.05) is 0 Å². The third-order valence-electron chi connectivity index (χ3n) is 3.35. The van der Waals surface area contributed by atoms with Gasteiger partial charge >= 0.3 is 0 Å². The van der Waals surface area contributed by atoms with Crippen LogP contribution in [0, 0.1) is 0 Å². The van der Waals surface area contributed by atoms with Crippen molar-refractivity contribution >= 4 is 5.97 Å². The van der Waals surface area contributed by atoms with Crippen molar-refractivity contribution in [2.24, 2.45) is 0 Å². The molecule has 0 aromatic heterocycles. The molecule has 0 unspecified atom stereocenters. The van der Waals surface area contributed by atoms with Gasteiger partial charge in [0, 0.05) is 0 Å². The van der Waals surface area contributed by atoms with Crippen molar-refractivity contribution in [3.05, 3.63) is 12.7 Å². The maximum atomic E-state index is 9.14. The van der Waals surface area contributed by atoms with Crippen LogP contribution in [0.25, 0.3) is 0 Å². The Kier molecular flexibility index (Phi) is 16.6. The van der Waals surface area contributed by atoms with Crippen LogP contribution < -0.4 is 5.11 Å². The van der Waals surface area contributed by atoms with Gasteiger partial charge in [-0.25, -0.2) is 0 Å². The average molecular weight is 299 g/mol. The average Bonchev–Trinajstić information content (AvgIpc) is 2.40. The highest BCUT2D eigenvalue weighted by atomic mass is 16.4. The molecular weight excluding hydrogens is 262 g/mol. The van der Waals surface area contributed by atoms with E-state index in [1.54, 1.807) is 0 Å². The van der Waals surface area contributed by atoms with Crippen molar-refractivity contribution < 1.29 is 14.4 Å². The molecule has 3 heteroatoms. The van der Waals surface area contributed by atoms with Crippen LogP contribution in [0.1, 0.15) is 71.1 Å². The standard InChI is InChI=1S/C15H34N.C3H4O2/c1-5-6-7-8-9-10-11-12-13-14-15-16(2,3)4;1-2-3(4)5/h5-15H2,1-4H3;2H,1H2,(H,4,5)/q+1;/p-1. The van der Waals surface area contributed by atoms with Gasteiger partial charge in [-0.2, -0.15) is 0 Å². The molecule has 0 aromatic carbocycles. The summed E-state index contributed by atoms with van der Waals surface area (Å²) in [5.41, 5.74) is 0. The lowest BCUT2D eigenvalue weighted by Crippen LogP contribution is -2.35. The van der Waals surface area contributed by atoms with Gasteiger partial charge in [0.05, 0.1) is 33.7 Å². The minimum Gasteiger partial charge on any atom is -0.545 e. The molecule has 0 atom stereocenters. The topological polar surface area (TPSA) is 40.1 Å². The van der Waals surface area contributed by atoms with Crippen molar-refractivity contribution in [3.63, 3.8) is 0 Å². The summed E-state index contributed by atoms with van der Waals surface area (Å²) in [5.74, 6) is -1.23. The number of unbranched alkanes of at least 4 members (excludes halogenated alkanes) is 9.